The van der Waals surface area contributed by atoms with Gasteiger partial charge in [0.1, 0.15) is 11.9 Å². The maximum Gasteiger partial charge on any atom is 0.174 e. The number of hydrogen-bond acceptors (Lipinski definition) is 5. The fraction of sp³-hybridized carbons (Fsp3) is 0.500. The lowest BCUT2D eigenvalue weighted by molar-refractivity contribution is 0.0254. The van der Waals surface area contributed by atoms with Crippen LogP contribution in [0.2, 0.25) is 0 Å². The van der Waals surface area contributed by atoms with Gasteiger partial charge >= 0.3 is 0 Å². The number of hydrogen-bond donors (Lipinski definition) is 2. The molecule has 1 aliphatic rings. The van der Waals surface area contributed by atoms with Gasteiger partial charge in [-0.1, -0.05) is 18.1 Å². The van der Waals surface area contributed by atoms with Crippen molar-refractivity contribution >= 4 is 17.6 Å². The first-order valence-electron chi connectivity index (χ1n) is 6.74. The van der Waals surface area contributed by atoms with Crippen LogP contribution in [-0.2, 0) is 4.74 Å². The maximum atomic E-state index is 8.99. The van der Waals surface area contributed by atoms with Gasteiger partial charge in [0.25, 0.3) is 0 Å². The van der Waals surface area contributed by atoms with Gasteiger partial charge in [-0.25, -0.2) is 0 Å². The second-order valence-corrected chi connectivity index (χ2v) is 5.78. The van der Waals surface area contributed by atoms with E-state index in [1.165, 1.54) is 0 Å². The summed E-state index contributed by atoms with van der Waals surface area (Å²) in [4.78, 5) is 0.965. The Morgan fingerprint density at radius 3 is 2.90 bits per heavy atom. The van der Waals surface area contributed by atoms with Crippen molar-refractivity contribution in [3.8, 4) is 5.75 Å². The normalized spacial score (nSPS) is 17.1. The predicted octanol–water partition coefficient (Wildman–Crippen LogP) is 2.45. The van der Waals surface area contributed by atoms with Crippen LogP contribution < -0.4 is 10.5 Å². The summed E-state index contributed by atoms with van der Waals surface area (Å²) < 4.78 is 11.4. The fourth-order valence-corrected chi connectivity index (χ4v) is 3.00. The first kappa shape index (κ1) is 15.0. The molecule has 20 heavy (non-hydrogen) atoms. The van der Waals surface area contributed by atoms with E-state index in [-0.39, 0.29) is 11.9 Å². The molecule has 0 radical (unpaired) electrons. The quantitative estimate of drug-likeness (QED) is 0.287. The smallest absolute Gasteiger partial charge is 0.174 e. The van der Waals surface area contributed by atoms with Gasteiger partial charge in [-0.3, -0.25) is 0 Å². The van der Waals surface area contributed by atoms with Crippen molar-refractivity contribution in [2.45, 2.75) is 30.8 Å². The molecule has 0 bridgehead atoms. The third-order valence-corrected chi connectivity index (χ3v) is 4.05. The van der Waals surface area contributed by atoms with Crippen LogP contribution >= 0.6 is 11.8 Å². The summed E-state index contributed by atoms with van der Waals surface area (Å²) in [6.07, 6.45) is 1.84. The number of nitrogens with zero attached hydrogens (tertiary/aromatic N) is 1. The molecule has 1 aromatic carbocycles. The molecule has 5 nitrogen and oxygen atoms in total. The molecule has 0 amide bonds. The molecule has 0 aromatic heterocycles. The second-order valence-electron chi connectivity index (χ2n) is 4.48. The van der Waals surface area contributed by atoms with E-state index in [9.17, 15) is 0 Å². The van der Waals surface area contributed by atoms with Crippen molar-refractivity contribution in [2.75, 3.05) is 19.0 Å². The molecule has 0 aliphatic carbocycles. The molecule has 110 valence electrons. The number of nitrogens with two attached hydrogens (primary N) is 1. The number of rotatable bonds is 5. The highest BCUT2D eigenvalue weighted by Crippen LogP contribution is 2.31. The maximum absolute atomic E-state index is 8.99. The van der Waals surface area contributed by atoms with Crippen molar-refractivity contribution in [3.63, 3.8) is 0 Å². The van der Waals surface area contributed by atoms with Gasteiger partial charge in [0, 0.05) is 17.7 Å². The van der Waals surface area contributed by atoms with E-state index < -0.39 is 0 Å². The van der Waals surface area contributed by atoms with Crippen LogP contribution in [0.3, 0.4) is 0 Å². The number of ether oxygens (including phenoxy) is 2. The highest BCUT2D eigenvalue weighted by Gasteiger charge is 2.20. The van der Waals surface area contributed by atoms with Crippen LogP contribution in [0.25, 0.3) is 0 Å². The summed E-state index contributed by atoms with van der Waals surface area (Å²) in [6.45, 7) is 3.49. The van der Waals surface area contributed by atoms with Crippen LogP contribution in [-0.4, -0.2) is 36.1 Å². The van der Waals surface area contributed by atoms with Crippen molar-refractivity contribution in [2.24, 2.45) is 10.9 Å². The first-order chi connectivity index (χ1) is 9.76. The minimum absolute atomic E-state index is 0.0867. The van der Waals surface area contributed by atoms with E-state index >= 15 is 0 Å². The molecule has 3 N–H and O–H groups in total. The summed E-state index contributed by atoms with van der Waals surface area (Å²) in [5, 5.41) is 12.1. The molecular weight excluding hydrogens is 276 g/mol. The van der Waals surface area contributed by atoms with Gasteiger partial charge in [0.2, 0.25) is 0 Å². The highest BCUT2D eigenvalue weighted by atomic mass is 32.2. The number of thioether (sulfide) groups is 1. The van der Waals surface area contributed by atoms with Gasteiger partial charge in [0.05, 0.1) is 18.8 Å². The number of benzene rings is 1. The summed E-state index contributed by atoms with van der Waals surface area (Å²) in [5.74, 6) is 1.67. The van der Waals surface area contributed by atoms with E-state index in [4.69, 9.17) is 20.4 Å². The highest BCUT2D eigenvalue weighted by molar-refractivity contribution is 7.99. The summed E-state index contributed by atoms with van der Waals surface area (Å²) >= 11 is 1.65. The molecule has 6 heteroatoms. The van der Waals surface area contributed by atoms with Crippen LogP contribution in [0.4, 0.5) is 0 Å². The van der Waals surface area contributed by atoms with Gasteiger partial charge < -0.3 is 20.4 Å². The van der Waals surface area contributed by atoms with Crippen LogP contribution in [0.5, 0.6) is 5.75 Å². The monoisotopic (exact) mass is 296 g/mol. The average Bonchev–Trinajstić information content (AvgIpc) is 2.48. The van der Waals surface area contributed by atoms with E-state index in [1.54, 1.807) is 11.8 Å². The van der Waals surface area contributed by atoms with Crippen molar-refractivity contribution < 1.29 is 14.7 Å². The molecule has 0 spiro atoms. The average molecular weight is 296 g/mol. The Labute approximate surface area is 123 Å². The Hall–Kier alpha value is -1.40. The Morgan fingerprint density at radius 2 is 2.25 bits per heavy atom. The van der Waals surface area contributed by atoms with Crippen LogP contribution in [0.1, 0.15) is 25.3 Å². The largest absolute Gasteiger partial charge is 0.489 e. The molecule has 1 aromatic rings. The van der Waals surface area contributed by atoms with Gasteiger partial charge in [-0.05, 0) is 17.9 Å². The minimum Gasteiger partial charge on any atom is -0.489 e. The molecule has 1 saturated heterocycles. The molecule has 2 rings (SSSR count). The lowest BCUT2D eigenvalue weighted by atomic mass is 10.1. The Morgan fingerprint density at radius 1 is 1.50 bits per heavy atom. The lowest BCUT2D eigenvalue weighted by Gasteiger charge is -2.25. The van der Waals surface area contributed by atoms with Gasteiger partial charge in [-0.15, -0.1) is 11.8 Å². The SMILES string of the molecule is CCSc1cccc(OC2CCOCC2)c1/C(N)=N/O. The zero-order valence-corrected chi connectivity index (χ0v) is 12.4. The number of oxime groups is 1. The lowest BCUT2D eigenvalue weighted by Crippen LogP contribution is -2.27. The fourth-order valence-electron chi connectivity index (χ4n) is 2.16. The van der Waals surface area contributed by atoms with Gasteiger partial charge in [-0.2, -0.15) is 0 Å². The predicted molar refractivity (Wildman–Crippen MR) is 79.8 cm³/mol. The first-order valence-corrected chi connectivity index (χ1v) is 7.73. The van der Waals surface area contributed by atoms with Crippen molar-refractivity contribution in [1.29, 1.82) is 0 Å². The summed E-state index contributed by atoms with van der Waals surface area (Å²) in [5.41, 5.74) is 6.49. The van der Waals surface area contributed by atoms with Crippen molar-refractivity contribution in [1.82, 2.24) is 0 Å². The van der Waals surface area contributed by atoms with E-state index in [1.807, 2.05) is 18.2 Å². The molecule has 1 aliphatic heterocycles. The molecule has 0 saturated carbocycles. The Balaban J connectivity index is 2.28. The molecule has 0 unspecified atom stereocenters. The van der Waals surface area contributed by atoms with Gasteiger partial charge in [0.15, 0.2) is 5.84 Å². The second kappa shape index (κ2) is 7.40. The standard InChI is InChI=1S/C14H20N2O3S/c1-2-20-12-5-3-4-11(13(12)14(15)16-17)19-10-6-8-18-9-7-10/h3-5,10,17H,2,6-9H2,1H3,(H2,15,16). The number of amidine groups is 1. The Kier molecular flexibility index (Phi) is 5.55. The third-order valence-electron chi connectivity index (χ3n) is 3.11. The van der Waals surface area contributed by atoms with E-state index in [0.29, 0.717) is 24.5 Å². The summed E-state index contributed by atoms with van der Waals surface area (Å²) in [7, 11) is 0. The molecule has 1 fully saturated rings. The van der Waals surface area contributed by atoms with Crippen molar-refractivity contribution in [3.05, 3.63) is 23.8 Å². The zero-order valence-electron chi connectivity index (χ0n) is 11.5. The molecule has 0 atom stereocenters. The third kappa shape index (κ3) is 3.58. The van der Waals surface area contributed by atoms with Crippen LogP contribution in [0, 0.1) is 0 Å². The molecular formula is C14H20N2O3S. The zero-order chi connectivity index (χ0) is 14.4. The van der Waals surface area contributed by atoms with E-state index in [0.717, 1.165) is 23.5 Å². The van der Waals surface area contributed by atoms with Crippen LogP contribution in [0.15, 0.2) is 28.3 Å². The summed E-state index contributed by atoms with van der Waals surface area (Å²) in [6, 6.07) is 5.75. The topological polar surface area (TPSA) is 77.1 Å². The van der Waals surface area contributed by atoms with E-state index in [2.05, 4.69) is 12.1 Å². The molecule has 1 heterocycles. The Bertz CT molecular complexity index is 473. The minimum atomic E-state index is 0.0867.